The molecule has 7 heteroatoms. The van der Waals surface area contributed by atoms with Gasteiger partial charge in [0.05, 0.1) is 15.3 Å². The fourth-order valence-electron chi connectivity index (χ4n) is 3.35. The smallest absolute Gasteiger partial charge is 0.261 e. The molecule has 3 fully saturated rings. The number of nitrogens with one attached hydrogen (secondary N) is 1. The molecule has 122 valence electrons. The second kappa shape index (κ2) is 6.30. The number of oxazole rings is 1. The number of rotatable bonds is 4. The molecule has 0 aliphatic carbocycles. The fourth-order valence-corrected chi connectivity index (χ4v) is 5.28. The van der Waals surface area contributed by atoms with Crippen LogP contribution >= 0.6 is 23.1 Å². The summed E-state index contributed by atoms with van der Waals surface area (Å²) < 4.78 is 6.51. The summed E-state index contributed by atoms with van der Waals surface area (Å²) in [5.74, 6) is 1.36. The van der Waals surface area contributed by atoms with Crippen LogP contribution in [0.5, 0.6) is 0 Å². The van der Waals surface area contributed by atoms with Gasteiger partial charge in [0, 0.05) is 19.5 Å². The maximum Gasteiger partial charge on any atom is 0.261 e. The van der Waals surface area contributed by atoms with Gasteiger partial charge in [0.15, 0.2) is 11.0 Å². The SMILES string of the molecule is Cc1ncc(Sc2ccc(C(=O)N[C@H]3CN4CCC3CC4)s2)o1. The van der Waals surface area contributed by atoms with E-state index in [9.17, 15) is 4.79 Å². The van der Waals surface area contributed by atoms with Gasteiger partial charge in [0.2, 0.25) is 0 Å². The third-order valence-electron chi connectivity index (χ3n) is 4.58. The number of aryl methyl sites for hydroxylation is 1. The number of hydrogen-bond donors (Lipinski definition) is 1. The van der Waals surface area contributed by atoms with E-state index >= 15 is 0 Å². The lowest BCUT2D eigenvalue weighted by atomic mass is 9.84. The van der Waals surface area contributed by atoms with E-state index in [-0.39, 0.29) is 5.91 Å². The molecule has 0 saturated carbocycles. The molecule has 23 heavy (non-hydrogen) atoms. The molecule has 5 heterocycles. The molecular weight excluding hydrogens is 330 g/mol. The van der Waals surface area contributed by atoms with Gasteiger partial charge in [-0.15, -0.1) is 11.3 Å². The number of carbonyl (C=O) groups excluding carboxylic acids is 1. The number of aromatic nitrogens is 1. The molecule has 1 atom stereocenters. The summed E-state index contributed by atoms with van der Waals surface area (Å²) in [6.45, 7) is 5.20. The predicted octanol–water partition coefficient (Wildman–Crippen LogP) is 3.02. The van der Waals surface area contributed by atoms with Gasteiger partial charge < -0.3 is 14.6 Å². The van der Waals surface area contributed by atoms with Gasteiger partial charge in [-0.3, -0.25) is 4.79 Å². The van der Waals surface area contributed by atoms with Crippen molar-refractivity contribution < 1.29 is 9.21 Å². The Bertz CT molecular complexity index is 704. The third kappa shape index (κ3) is 3.32. The van der Waals surface area contributed by atoms with Crippen molar-refractivity contribution in [1.29, 1.82) is 0 Å². The number of nitrogens with zero attached hydrogens (tertiary/aromatic N) is 2. The highest BCUT2D eigenvalue weighted by atomic mass is 32.2. The molecule has 3 aliphatic rings. The van der Waals surface area contributed by atoms with E-state index in [1.54, 1.807) is 6.20 Å². The van der Waals surface area contributed by atoms with E-state index in [0.717, 1.165) is 20.7 Å². The van der Waals surface area contributed by atoms with Gasteiger partial charge in [-0.25, -0.2) is 4.98 Å². The van der Waals surface area contributed by atoms with Crippen LogP contribution in [0.1, 0.15) is 28.4 Å². The van der Waals surface area contributed by atoms with Crippen LogP contribution in [0.3, 0.4) is 0 Å². The zero-order chi connectivity index (χ0) is 15.8. The number of piperidine rings is 3. The van der Waals surface area contributed by atoms with Gasteiger partial charge in [0.1, 0.15) is 0 Å². The highest BCUT2D eigenvalue weighted by Gasteiger charge is 2.35. The van der Waals surface area contributed by atoms with E-state index in [1.165, 1.54) is 49.0 Å². The molecule has 0 aromatic carbocycles. The van der Waals surface area contributed by atoms with Crippen LogP contribution in [-0.4, -0.2) is 41.5 Å². The summed E-state index contributed by atoms with van der Waals surface area (Å²) in [5, 5.41) is 3.99. The molecule has 0 spiro atoms. The second-order valence-electron chi connectivity index (χ2n) is 6.14. The number of carbonyl (C=O) groups is 1. The Labute approximate surface area is 143 Å². The topological polar surface area (TPSA) is 58.4 Å². The van der Waals surface area contributed by atoms with Gasteiger partial charge in [0.25, 0.3) is 5.91 Å². The average molecular weight is 349 g/mol. The molecule has 1 amide bonds. The van der Waals surface area contributed by atoms with E-state index in [2.05, 4.69) is 15.2 Å². The summed E-state index contributed by atoms with van der Waals surface area (Å²) in [6, 6.07) is 4.17. The normalized spacial score (nSPS) is 26.4. The first-order valence-electron chi connectivity index (χ1n) is 7.91. The minimum atomic E-state index is 0.0503. The first kappa shape index (κ1) is 15.2. The summed E-state index contributed by atoms with van der Waals surface area (Å²) in [5.41, 5.74) is 0. The van der Waals surface area contributed by atoms with Crippen LogP contribution < -0.4 is 5.32 Å². The van der Waals surface area contributed by atoms with Crippen molar-refractivity contribution in [1.82, 2.24) is 15.2 Å². The zero-order valence-electron chi connectivity index (χ0n) is 12.9. The van der Waals surface area contributed by atoms with Crippen molar-refractivity contribution in [2.45, 2.75) is 35.1 Å². The number of fused-ring (bicyclic) bond motifs is 3. The van der Waals surface area contributed by atoms with Crippen molar-refractivity contribution in [3.8, 4) is 0 Å². The molecule has 3 aliphatic heterocycles. The second-order valence-corrected chi connectivity index (χ2v) is 8.53. The van der Waals surface area contributed by atoms with Crippen LogP contribution in [0.4, 0.5) is 0 Å². The highest BCUT2D eigenvalue weighted by Crippen LogP contribution is 2.34. The molecule has 5 rings (SSSR count). The molecule has 5 nitrogen and oxygen atoms in total. The molecule has 0 unspecified atom stereocenters. The predicted molar refractivity (Wildman–Crippen MR) is 90.1 cm³/mol. The number of hydrogen-bond acceptors (Lipinski definition) is 6. The minimum Gasteiger partial charge on any atom is -0.434 e. The maximum absolute atomic E-state index is 12.5. The summed E-state index contributed by atoms with van der Waals surface area (Å²) in [7, 11) is 0. The van der Waals surface area contributed by atoms with Crippen molar-refractivity contribution in [3.63, 3.8) is 0 Å². The van der Waals surface area contributed by atoms with Gasteiger partial charge in [-0.2, -0.15) is 0 Å². The van der Waals surface area contributed by atoms with Gasteiger partial charge >= 0.3 is 0 Å². The first-order chi connectivity index (χ1) is 11.2. The van der Waals surface area contributed by atoms with Gasteiger partial charge in [-0.05, 0) is 55.7 Å². The first-order valence-corrected chi connectivity index (χ1v) is 9.54. The lowest BCUT2D eigenvalue weighted by Crippen LogP contribution is -2.57. The molecule has 1 N–H and O–H groups in total. The molecule has 2 aromatic rings. The van der Waals surface area contributed by atoms with E-state index in [0.29, 0.717) is 17.9 Å². The Morgan fingerprint density at radius 3 is 2.91 bits per heavy atom. The van der Waals surface area contributed by atoms with Crippen LogP contribution in [0.2, 0.25) is 0 Å². The molecule has 2 bridgehead atoms. The Morgan fingerprint density at radius 2 is 2.26 bits per heavy atom. The van der Waals surface area contributed by atoms with Crippen LogP contribution in [0.25, 0.3) is 0 Å². The van der Waals surface area contributed by atoms with Gasteiger partial charge in [-0.1, -0.05) is 0 Å². The monoisotopic (exact) mass is 349 g/mol. The van der Waals surface area contributed by atoms with Crippen molar-refractivity contribution >= 4 is 29.0 Å². The van der Waals surface area contributed by atoms with Crippen molar-refractivity contribution in [2.75, 3.05) is 19.6 Å². The summed E-state index contributed by atoms with van der Waals surface area (Å²) >= 11 is 3.01. The Hall–Kier alpha value is -1.31. The Kier molecular flexibility index (Phi) is 4.17. The Balaban J connectivity index is 1.39. The van der Waals surface area contributed by atoms with Crippen LogP contribution in [0, 0.1) is 12.8 Å². The summed E-state index contributed by atoms with van der Waals surface area (Å²) in [4.78, 5) is 19.8. The molecule has 3 saturated heterocycles. The largest absolute Gasteiger partial charge is 0.434 e. The number of thiophene rings is 1. The zero-order valence-corrected chi connectivity index (χ0v) is 14.6. The Morgan fingerprint density at radius 1 is 1.43 bits per heavy atom. The van der Waals surface area contributed by atoms with Crippen LogP contribution in [0.15, 0.2) is 32.0 Å². The average Bonchev–Trinajstić information content (AvgIpc) is 3.18. The minimum absolute atomic E-state index is 0.0503. The standard InChI is InChI=1S/C16H19N3O2S2/c1-10-17-8-14(21-10)23-15-3-2-13(22-15)16(20)18-12-9-19-6-4-11(12)5-7-19/h2-3,8,11-12H,4-7,9H2,1H3,(H,18,20)/t12-/m0/s1. The van der Waals surface area contributed by atoms with Crippen LogP contribution in [-0.2, 0) is 0 Å². The van der Waals surface area contributed by atoms with E-state index in [1.807, 2.05) is 19.1 Å². The molecule has 2 aromatic heterocycles. The maximum atomic E-state index is 12.5. The third-order valence-corrected chi connectivity index (χ3v) is 6.68. The lowest BCUT2D eigenvalue weighted by Gasteiger charge is -2.44. The quantitative estimate of drug-likeness (QED) is 0.919. The van der Waals surface area contributed by atoms with E-state index in [4.69, 9.17) is 4.42 Å². The molecule has 0 radical (unpaired) electrons. The summed E-state index contributed by atoms with van der Waals surface area (Å²) in [6.07, 6.45) is 4.13. The fraction of sp³-hybridized carbons (Fsp3) is 0.500. The van der Waals surface area contributed by atoms with Crippen molar-refractivity contribution in [2.24, 2.45) is 5.92 Å². The molecular formula is C16H19N3O2S2. The number of amides is 1. The lowest BCUT2D eigenvalue weighted by molar-refractivity contribution is 0.0622. The highest BCUT2D eigenvalue weighted by molar-refractivity contribution is 8.01. The van der Waals surface area contributed by atoms with Crippen molar-refractivity contribution in [3.05, 3.63) is 29.1 Å². The van der Waals surface area contributed by atoms with E-state index < -0.39 is 0 Å².